The highest BCUT2D eigenvalue weighted by atomic mass is 16.5. The predicted molar refractivity (Wildman–Crippen MR) is 100 cm³/mol. The highest BCUT2D eigenvalue weighted by Gasteiger charge is 2.41. The average Bonchev–Trinajstić information content (AvgIpc) is 3.10. The Morgan fingerprint density at radius 3 is 3.04 bits per heavy atom. The molecule has 27 heavy (non-hydrogen) atoms. The highest BCUT2D eigenvalue weighted by molar-refractivity contribution is 5.80. The van der Waals surface area contributed by atoms with Gasteiger partial charge in [0.05, 0.1) is 30.9 Å². The van der Waals surface area contributed by atoms with Gasteiger partial charge in [0.1, 0.15) is 5.65 Å². The topological polar surface area (TPSA) is 75.9 Å². The molecule has 0 unspecified atom stereocenters. The van der Waals surface area contributed by atoms with Crippen molar-refractivity contribution in [1.82, 2.24) is 19.6 Å². The van der Waals surface area contributed by atoms with Crippen molar-refractivity contribution in [2.24, 2.45) is 5.92 Å². The van der Waals surface area contributed by atoms with Crippen molar-refractivity contribution in [3.8, 4) is 0 Å². The van der Waals surface area contributed by atoms with Gasteiger partial charge < -0.3 is 19.4 Å². The van der Waals surface area contributed by atoms with Crippen LogP contribution >= 0.6 is 0 Å². The lowest BCUT2D eigenvalue weighted by Crippen LogP contribution is -2.57. The van der Waals surface area contributed by atoms with E-state index in [1.165, 1.54) is 0 Å². The van der Waals surface area contributed by atoms with Crippen LogP contribution in [-0.2, 0) is 20.7 Å². The first-order valence-corrected chi connectivity index (χ1v) is 9.62. The van der Waals surface area contributed by atoms with Crippen LogP contribution in [0.2, 0.25) is 0 Å². The number of ether oxygens (including phenoxy) is 1. The smallest absolute Gasteiger partial charge is 0.229 e. The minimum Gasteiger partial charge on any atom is -0.374 e. The molecule has 2 aromatic rings. The molecule has 0 spiro atoms. The minimum absolute atomic E-state index is 0.0248. The van der Waals surface area contributed by atoms with Crippen molar-refractivity contribution in [1.29, 1.82) is 0 Å². The van der Waals surface area contributed by atoms with Gasteiger partial charge in [-0.05, 0) is 37.8 Å². The van der Waals surface area contributed by atoms with Crippen LogP contribution in [0.3, 0.4) is 0 Å². The number of amides is 2. The van der Waals surface area contributed by atoms with Gasteiger partial charge in [-0.1, -0.05) is 6.07 Å². The molecule has 1 aliphatic carbocycles. The lowest BCUT2D eigenvalue weighted by Gasteiger charge is -2.45. The molecule has 2 aliphatic rings. The Morgan fingerprint density at radius 1 is 1.37 bits per heavy atom. The lowest BCUT2D eigenvalue weighted by atomic mass is 9.81. The van der Waals surface area contributed by atoms with Crippen LogP contribution in [0, 0.1) is 12.8 Å². The average molecular weight is 370 g/mol. The Balaban J connectivity index is 1.53. The number of carbonyl (C=O) groups excluding carboxylic acids is 2. The van der Waals surface area contributed by atoms with Crippen LogP contribution in [-0.4, -0.2) is 58.4 Å². The van der Waals surface area contributed by atoms with Gasteiger partial charge in [0.2, 0.25) is 11.8 Å². The summed E-state index contributed by atoms with van der Waals surface area (Å²) in [5.74, 6) is 0.0875. The normalized spacial score (nSPS) is 25.3. The molecule has 3 atom stereocenters. The molecular formula is C20H26N4O3. The first-order valence-electron chi connectivity index (χ1n) is 9.62. The molecule has 1 saturated heterocycles. The number of hydrogen-bond donors (Lipinski definition) is 1. The Morgan fingerprint density at radius 2 is 2.22 bits per heavy atom. The van der Waals surface area contributed by atoms with Gasteiger partial charge in [-0.2, -0.15) is 0 Å². The van der Waals surface area contributed by atoms with E-state index in [0.29, 0.717) is 26.0 Å². The Labute approximate surface area is 158 Å². The van der Waals surface area contributed by atoms with E-state index in [2.05, 4.69) is 10.3 Å². The molecule has 4 rings (SSSR count). The van der Waals surface area contributed by atoms with E-state index in [0.717, 1.165) is 29.7 Å². The van der Waals surface area contributed by atoms with Gasteiger partial charge >= 0.3 is 0 Å². The van der Waals surface area contributed by atoms with Crippen molar-refractivity contribution in [3.63, 3.8) is 0 Å². The SMILES string of the molecule is CNC(=O)[C@H]1CC[C@H]2OCCN(C(=O)Cc3cnc4c(C)cccn34)[C@@H]2C1. The number of pyridine rings is 1. The number of aromatic nitrogens is 2. The maximum Gasteiger partial charge on any atom is 0.229 e. The number of aryl methyl sites for hydroxylation is 1. The summed E-state index contributed by atoms with van der Waals surface area (Å²) in [7, 11) is 1.67. The number of morpholine rings is 1. The summed E-state index contributed by atoms with van der Waals surface area (Å²) >= 11 is 0. The van der Waals surface area contributed by atoms with Crippen LogP contribution in [0.25, 0.3) is 5.65 Å². The highest BCUT2D eigenvalue weighted by Crippen LogP contribution is 2.32. The van der Waals surface area contributed by atoms with E-state index < -0.39 is 0 Å². The quantitative estimate of drug-likeness (QED) is 0.884. The second-order valence-corrected chi connectivity index (χ2v) is 7.50. The molecule has 2 fully saturated rings. The fourth-order valence-electron chi connectivity index (χ4n) is 4.45. The summed E-state index contributed by atoms with van der Waals surface area (Å²) in [4.78, 5) is 31.6. The summed E-state index contributed by atoms with van der Waals surface area (Å²) in [6, 6.07) is 3.96. The number of nitrogens with zero attached hydrogens (tertiary/aromatic N) is 3. The Hall–Kier alpha value is -2.41. The van der Waals surface area contributed by atoms with Gasteiger partial charge in [0, 0.05) is 31.9 Å². The third-order valence-electron chi connectivity index (χ3n) is 5.90. The molecule has 1 aliphatic heterocycles. The van der Waals surface area contributed by atoms with E-state index >= 15 is 0 Å². The standard InChI is InChI=1S/C20H26N4O3/c1-13-4-3-7-23-15(12-22-19(13)23)11-18(25)24-8-9-27-17-6-5-14(10-16(17)24)20(26)21-2/h3-4,7,12,14,16-17H,5-6,8-11H2,1-2H3,(H,21,26)/t14-,16+,17+/m0/s1. The van der Waals surface area contributed by atoms with Gasteiger partial charge in [0.25, 0.3) is 0 Å². The molecule has 1 N–H and O–H groups in total. The van der Waals surface area contributed by atoms with Crippen LogP contribution in [0.4, 0.5) is 0 Å². The summed E-state index contributed by atoms with van der Waals surface area (Å²) in [6.45, 7) is 3.15. The molecule has 7 heteroatoms. The number of carbonyl (C=O) groups is 2. The zero-order valence-corrected chi connectivity index (χ0v) is 15.9. The van der Waals surface area contributed by atoms with Crippen LogP contribution in [0.5, 0.6) is 0 Å². The van der Waals surface area contributed by atoms with Gasteiger partial charge in [-0.15, -0.1) is 0 Å². The minimum atomic E-state index is -0.0494. The number of nitrogens with one attached hydrogen (secondary N) is 1. The Bertz CT molecular complexity index is 862. The van der Waals surface area contributed by atoms with Crippen molar-refractivity contribution in [2.45, 2.75) is 44.8 Å². The first-order chi connectivity index (χ1) is 13.1. The van der Waals surface area contributed by atoms with E-state index in [-0.39, 0.29) is 29.9 Å². The largest absolute Gasteiger partial charge is 0.374 e. The zero-order chi connectivity index (χ0) is 19.0. The second kappa shape index (κ2) is 7.31. The van der Waals surface area contributed by atoms with Gasteiger partial charge in [-0.3, -0.25) is 9.59 Å². The molecule has 1 saturated carbocycles. The molecule has 0 aromatic carbocycles. The van der Waals surface area contributed by atoms with E-state index in [1.54, 1.807) is 13.2 Å². The number of rotatable bonds is 3. The number of hydrogen-bond acceptors (Lipinski definition) is 4. The van der Waals surface area contributed by atoms with Crippen molar-refractivity contribution in [2.75, 3.05) is 20.2 Å². The molecule has 0 radical (unpaired) electrons. The molecule has 0 bridgehead atoms. The van der Waals surface area contributed by atoms with Gasteiger partial charge in [0.15, 0.2) is 0 Å². The maximum absolute atomic E-state index is 13.1. The number of fused-ring (bicyclic) bond motifs is 2. The fourth-order valence-corrected chi connectivity index (χ4v) is 4.45. The van der Waals surface area contributed by atoms with Crippen molar-refractivity contribution in [3.05, 3.63) is 35.8 Å². The number of imidazole rings is 1. The molecule has 7 nitrogen and oxygen atoms in total. The predicted octanol–water partition coefficient (Wildman–Crippen LogP) is 1.33. The van der Waals surface area contributed by atoms with Crippen molar-refractivity contribution < 1.29 is 14.3 Å². The third kappa shape index (κ3) is 3.32. The second-order valence-electron chi connectivity index (χ2n) is 7.50. The third-order valence-corrected chi connectivity index (χ3v) is 5.90. The monoisotopic (exact) mass is 370 g/mol. The maximum atomic E-state index is 13.1. The van der Waals surface area contributed by atoms with Crippen LogP contribution < -0.4 is 5.32 Å². The van der Waals surface area contributed by atoms with E-state index in [9.17, 15) is 9.59 Å². The molecular weight excluding hydrogens is 344 g/mol. The van der Waals surface area contributed by atoms with E-state index in [1.807, 2.05) is 34.6 Å². The Kier molecular flexibility index (Phi) is 4.86. The summed E-state index contributed by atoms with van der Waals surface area (Å²) in [5.41, 5.74) is 2.86. The summed E-state index contributed by atoms with van der Waals surface area (Å²) in [6.07, 6.45) is 6.37. The first kappa shape index (κ1) is 18.0. The molecule has 2 aromatic heterocycles. The van der Waals surface area contributed by atoms with Crippen LogP contribution in [0.15, 0.2) is 24.5 Å². The van der Waals surface area contributed by atoms with Gasteiger partial charge in [-0.25, -0.2) is 4.98 Å². The molecule has 144 valence electrons. The summed E-state index contributed by atoms with van der Waals surface area (Å²) < 4.78 is 7.89. The zero-order valence-electron chi connectivity index (χ0n) is 15.9. The van der Waals surface area contributed by atoms with Crippen LogP contribution in [0.1, 0.15) is 30.5 Å². The fraction of sp³-hybridized carbons (Fsp3) is 0.550. The van der Waals surface area contributed by atoms with E-state index in [4.69, 9.17) is 4.74 Å². The summed E-state index contributed by atoms with van der Waals surface area (Å²) in [5, 5.41) is 2.74. The molecule has 3 heterocycles. The molecule has 2 amide bonds. The van der Waals surface area contributed by atoms with Crippen molar-refractivity contribution >= 4 is 17.5 Å². The lowest BCUT2D eigenvalue weighted by molar-refractivity contribution is -0.153.